The third-order valence-electron chi connectivity index (χ3n) is 4.87. The summed E-state index contributed by atoms with van der Waals surface area (Å²) in [4.78, 5) is 5.14. The Bertz CT molecular complexity index is 888. The average molecular weight is 436 g/mol. The second-order valence-corrected chi connectivity index (χ2v) is 7.64. The van der Waals surface area contributed by atoms with Gasteiger partial charge in [0.15, 0.2) is 0 Å². The standard InChI is InChI=1S/C22H23F3N2O2S/c1-26-21(22(23,24)25)14-30-15-29-19-9-10-27(12-19)20-8-7-17(11-18(20)13-28)16-5-3-2-4-6-16/h2-8,11,14,19,28H,1,9-10,12-13,15H2/b21-14-/t19-/m0/s1. The number of benzene rings is 2. The molecule has 4 nitrogen and oxygen atoms in total. The first-order valence-electron chi connectivity index (χ1n) is 9.44. The summed E-state index contributed by atoms with van der Waals surface area (Å²) in [5.74, 6) is 0.105. The number of halogens is 3. The van der Waals surface area contributed by atoms with Crippen LogP contribution in [0.3, 0.4) is 0 Å². The van der Waals surface area contributed by atoms with Gasteiger partial charge in [0.25, 0.3) is 0 Å². The van der Waals surface area contributed by atoms with Crippen molar-refractivity contribution in [2.45, 2.75) is 25.3 Å². The first-order chi connectivity index (χ1) is 14.4. The summed E-state index contributed by atoms with van der Waals surface area (Å²) >= 11 is 0.907. The molecule has 0 aliphatic carbocycles. The molecule has 3 rings (SSSR count). The molecule has 0 spiro atoms. The predicted molar refractivity (Wildman–Crippen MR) is 116 cm³/mol. The van der Waals surface area contributed by atoms with E-state index in [2.05, 4.69) is 16.6 Å². The minimum Gasteiger partial charge on any atom is -0.392 e. The normalized spacial score (nSPS) is 17.4. The number of aliphatic hydroxyl groups excluding tert-OH is 1. The van der Waals surface area contributed by atoms with E-state index in [4.69, 9.17) is 4.74 Å². The van der Waals surface area contributed by atoms with Crippen molar-refractivity contribution in [1.82, 2.24) is 0 Å². The van der Waals surface area contributed by atoms with Gasteiger partial charge in [0.05, 0.1) is 18.6 Å². The van der Waals surface area contributed by atoms with Crippen LogP contribution in [-0.2, 0) is 11.3 Å². The molecule has 1 saturated heterocycles. The van der Waals surface area contributed by atoms with Crippen molar-refractivity contribution >= 4 is 24.2 Å². The van der Waals surface area contributed by atoms with E-state index in [1.807, 2.05) is 48.5 Å². The van der Waals surface area contributed by atoms with Crippen LogP contribution in [0.2, 0.25) is 0 Å². The second kappa shape index (κ2) is 10.1. The highest BCUT2D eigenvalue weighted by Gasteiger charge is 2.33. The molecule has 2 aromatic carbocycles. The topological polar surface area (TPSA) is 45.1 Å². The van der Waals surface area contributed by atoms with Gasteiger partial charge in [-0.1, -0.05) is 36.4 Å². The Hall–Kier alpha value is -2.29. The molecule has 1 aliphatic rings. The summed E-state index contributed by atoms with van der Waals surface area (Å²) in [6.45, 7) is 4.25. The largest absolute Gasteiger partial charge is 0.433 e. The van der Waals surface area contributed by atoms with Gasteiger partial charge in [0, 0.05) is 29.7 Å². The number of alkyl halides is 3. The van der Waals surface area contributed by atoms with Crippen LogP contribution in [0.25, 0.3) is 11.1 Å². The van der Waals surface area contributed by atoms with Crippen LogP contribution in [0.1, 0.15) is 12.0 Å². The highest BCUT2D eigenvalue weighted by molar-refractivity contribution is 8.02. The highest BCUT2D eigenvalue weighted by atomic mass is 32.2. The quantitative estimate of drug-likeness (QED) is 0.349. The molecule has 160 valence electrons. The predicted octanol–water partition coefficient (Wildman–Crippen LogP) is 5.24. The zero-order valence-electron chi connectivity index (χ0n) is 16.3. The van der Waals surface area contributed by atoms with Gasteiger partial charge in [0.2, 0.25) is 0 Å². The smallest absolute Gasteiger partial charge is 0.392 e. The SMILES string of the molecule is C=N/C(=C\SCO[C@H]1CCN(c2ccc(-c3ccccc3)cc2CO)C1)C(F)(F)F. The number of allylic oxidation sites excluding steroid dienone is 1. The number of thioether (sulfide) groups is 1. The first kappa shape index (κ1) is 22.4. The maximum absolute atomic E-state index is 12.6. The maximum atomic E-state index is 12.6. The van der Waals surface area contributed by atoms with Crippen LogP contribution in [-0.4, -0.2) is 43.1 Å². The molecule has 1 N–H and O–H groups in total. The number of anilines is 1. The van der Waals surface area contributed by atoms with Gasteiger partial charge in [0.1, 0.15) is 5.70 Å². The number of ether oxygens (including phenoxy) is 1. The van der Waals surface area contributed by atoms with Crippen molar-refractivity contribution in [2.75, 3.05) is 23.9 Å². The van der Waals surface area contributed by atoms with Crippen LogP contribution < -0.4 is 4.90 Å². The zero-order valence-corrected chi connectivity index (χ0v) is 17.1. The number of aliphatic hydroxyl groups is 1. The van der Waals surface area contributed by atoms with Crippen molar-refractivity contribution in [3.63, 3.8) is 0 Å². The van der Waals surface area contributed by atoms with Gasteiger partial charge in [-0.05, 0) is 36.4 Å². The van der Waals surface area contributed by atoms with E-state index < -0.39 is 11.9 Å². The van der Waals surface area contributed by atoms with E-state index in [1.165, 1.54) is 0 Å². The van der Waals surface area contributed by atoms with E-state index in [0.29, 0.717) is 6.54 Å². The van der Waals surface area contributed by atoms with Gasteiger partial charge in [-0.2, -0.15) is 13.2 Å². The lowest BCUT2D eigenvalue weighted by Gasteiger charge is -2.22. The van der Waals surface area contributed by atoms with Crippen LogP contribution in [0.4, 0.5) is 18.9 Å². The van der Waals surface area contributed by atoms with E-state index in [1.54, 1.807) is 0 Å². The minimum atomic E-state index is -4.51. The maximum Gasteiger partial charge on any atom is 0.433 e. The molecule has 2 aromatic rings. The van der Waals surface area contributed by atoms with E-state index in [9.17, 15) is 18.3 Å². The fraction of sp³-hybridized carbons (Fsp3) is 0.318. The Morgan fingerprint density at radius 1 is 1.23 bits per heavy atom. The van der Waals surface area contributed by atoms with Crippen molar-refractivity contribution in [3.8, 4) is 11.1 Å². The summed E-state index contributed by atoms with van der Waals surface area (Å²) in [5.41, 5.74) is 2.89. The van der Waals surface area contributed by atoms with Crippen molar-refractivity contribution in [3.05, 3.63) is 65.2 Å². The lowest BCUT2D eigenvalue weighted by molar-refractivity contribution is -0.0919. The molecule has 0 unspecified atom stereocenters. The number of rotatable bonds is 8. The number of hydrogen-bond donors (Lipinski definition) is 1. The van der Waals surface area contributed by atoms with E-state index >= 15 is 0 Å². The second-order valence-electron chi connectivity index (χ2n) is 6.83. The van der Waals surface area contributed by atoms with Crippen molar-refractivity contribution in [2.24, 2.45) is 4.99 Å². The molecule has 8 heteroatoms. The van der Waals surface area contributed by atoms with Crippen LogP contribution in [0.15, 0.2) is 64.6 Å². The fourth-order valence-corrected chi connectivity index (χ4v) is 4.06. The molecule has 0 bridgehead atoms. The van der Waals surface area contributed by atoms with Gasteiger partial charge < -0.3 is 14.7 Å². The van der Waals surface area contributed by atoms with Gasteiger partial charge in [-0.3, -0.25) is 4.99 Å². The van der Waals surface area contributed by atoms with Gasteiger partial charge in [-0.15, -0.1) is 11.8 Å². The molecular weight excluding hydrogens is 413 g/mol. The highest BCUT2D eigenvalue weighted by Crippen LogP contribution is 2.31. The molecular formula is C22H23F3N2O2S. The van der Waals surface area contributed by atoms with Crippen molar-refractivity contribution < 1.29 is 23.0 Å². The van der Waals surface area contributed by atoms with E-state index in [-0.39, 0.29) is 18.6 Å². The summed E-state index contributed by atoms with van der Waals surface area (Å²) < 4.78 is 43.6. The molecule has 1 fully saturated rings. The minimum absolute atomic E-state index is 0.0759. The molecule has 0 amide bonds. The molecule has 30 heavy (non-hydrogen) atoms. The Morgan fingerprint density at radius 3 is 2.67 bits per heavy atom. The number of aliphatic imine (C=N–C) groups is 1. The number of hydrogen-bond acceptors (Lipinski definition) is 5. The first-order valence-corrected chi connectivity index (χ1v) is 10.5. The Kier molecular flexibility index (Phi) is 7.58. The lowest BCUT2D eigenvalue weighted by Crippen LogP contribution is -2.24. The number of nitrogens with zero attached hydrogens (tertiary/aromatic N) is 2. The van der Waals surface area contributed by atoms with Crippen LogP contribution in [0.5, 0.6) is 0 Å². The summed E-state index contributed by atoms with van der Waals surface area (Å²) in [6.07, 6.45) is -3.83. The molecule has 0 radical (unpaired) electrons. The molecule has 1 atom stereocenters. The van der Waals surface area contributed by atoms with E-state index in [0.717, 1.165) is 52.5 Å². The average Bonchev–Trinajstić information content (AvgIpc) is 3.21. The van der Waals surface area contributed by atoms with Crippen molar-refractivity contribution in [1.29, 1.82) is 0 Å². The zero-order chi connectivity index (χ0) is 21.6. The lowest BCUT2D eigenvalue weighted by atomic mass is 10.0. The summed E-state index contributed by atoms with van der Waals surface area (Å²) in [7, 11) is 0. The Morgan fingerprint density at radius 2 is 2.00 bits per heavy atom. The van der Waals surface area contributed by atoms with Crippen LogP contribution >= 0.6 is 11.8 Å². The molecule has 0 aromatic heterocycles. The fourth-order valence-electron chi connectivity index (χ4n) is 3.36. The monoisotopic (exact) mass is 436 g/mol. The third-order valence-corrected chi connectivity index (χ3v) is 5.53. The van der Waals surface area contributed by atoms with Gasteiger partial charge in [-0.25, -0.2) is 0 Å². The molecule has 1 aliphatic heterocycles. The molecule has 0 saturated carbocycles. The summed E-state index contributed by atoms with van der Waals surface area (Å²) in [5, 5.41) is 10.8. The Labute approximate surface area is 178 Å². The van der Waals surface area contributed by atoms with Gasteiger partial charge >= 0.3 is 6.18 Å². The Balaban J connectivity index is 1.58. The summed E-state index contributed by atoms with van der Waals surface area (Å²) in [6, 6.07) is 16.0. The van der Waals surface area contributed by atoms with Crippen LogP contribution in [0, 0.1) is 0 Å². The third kappa shape index (κ3) is 5.65. The molecule has 1 heterocycles.